The van der Waals surface area contributed by atoms with Gasteiger partial charge in [-0.15, -0.1) is 0 Å². The second-order valence-corrected chi connectivity index (χ2v) is 8.43. The first-order chi connectivity index (χ1) is 13.4. The second-order valence-electron chi connectivity index (χ2n) is 6.58. The molecule has 0 aliphatic heterocycles. The lowest BCUT2D eigenvalue weighted by Gasteiger charge is -2.25. The number of likely N-dealkylation sites (N-methyl/N-ethyl adjacent to an activating group) is 1. The molecule has 0 aliphatic rings. The van der Waals surface area contributed by atoms with E-state index in [0.717, 1.165) is 29.9 Å². The molecule has 0 unspecified atom stereocenters. The van der Waals surface area contributed by atoms with E-state index < -0.39 is 0 Å². The van der Waals surface area contributed by atoms with Crippen LogP contribution in [0.25, 0.3) is 10.2 Å². The number of thiazole rings is 1. The van der Waals surface area contributed by atoms with Crippen molar-refractivity contribution in [3.05, 3.63) is 57.6 Å². The van der Waals surface area contributed by atoms with E-state index in [-0.39, 0.29) is 5.91 Å². The van der Waals surface area contributed by atoms with Crippen LogP contribution in [-0.2, 0) is 0 Å². The molecule has 0 bridgehead atoms. The van der Waals surface area contributed by atoms with Crippen molar-refractivity contribution in [2.45, 2.75) is 20.8 Å². The number of amides is 1. The molecule has 0 spiro atoms. The van der Waals surface area contributed by atoms with Crippen molar-refractivity contribution in [1.82, 2.24) is 9.88 Å². The summed E-state index contributed by atoms with van der Waals surface area (Å²) in [5.41, 5.74) is 2.45. The van der Waals surface area contributed by atoms with Crippen LogP contribution in [0, 0.1) is 6.92 Å². The van der Waals surface area contributed by atoms with Crippen molar-refractivity contribution < 1.29 is 4.79 Å². The highest BCUT2D eigenvalue weighted by Crippen LogP contribution is 2.31. The van der Waals surface area contributed by atoms with Gasteiger partial charge in [0, 0.05) is 18.1 Å². The molecule has 0 atom stereocenters. The minimum Gasteiger partial charge on any atom is -0.302 e. The number of halogens is 2. The van der Waals surface area contributed by atoms with Crippen molar-refractivity contribution in [1.29, 1.82) is 0 Å². The molecule has 3 rings (SSSR count). The second kappa shape index (κ2) is 9.23. The van der Waals surface area contributed by atoms with E-state index in [9.17, 15) is 4.79 Å². The SMILES string of the molecule is CCN(CC)CCN(C(=O)c1cc(Cl)ccc1Cl)c1nc2ccc(C)cc2s1. The molecule has 148 valence electrons. The Morgan fingerprint density at radius 2 is 1.82 bits per heavy atom. The number of fused-ring (bicyclic) bond motifs is 1. The molecule has 3 aromatic rings. The maximum absolute atomic E-state index is 13.4. The van der Waals surface area contributed by atoms with E-state index in [1.54, 1.807) is 23.1 Å². The van der Waals surface area contributed by atoms with Gasteiger partial charge in [-0.25, -0.2) is 4.98 Å². The molecule has 28 heavy (non-hydrogen) atoms. The standard InChI is InChI=1S/C21H23Cl2N3OS/c1-4-25(5-2)10-11-26(20(27)16-13-15(22)7-8-17(16)23)21-24-18-9-6-14(3)12-19(18)28-21/h6-9,12-13H,4-5,10-11H2,1-3H3. The van der Waals surface area contributed by atoms with Gasteiger partial charge in [-0.2, -0.15) is 0 Å². The third kappa shape index (κ3) is 4.66. The molecule has 1 heterocycles. The number of benzene rings is 2. The van der Waals surface area contributed by atoms with Crippen LogP contribution in [-0.4, -0.2) is 42.0 Å². The fourth-order valence-corrected chi connectivity index (χ4v) is 4.47. The average molecular weight is 436 g/mol. The van der Waals surface area contributed by atoms with E-state index >= 15 is 0 Å². The summed E-state index contributed by atoms with van der Waals surface area (Å²) in [7, 11) is 0. The van der Waals surface area contributed by atoms with Gasteiger partial charge in [-0.3, -0.25) is 9.69 Å². The van der Waals surface area contributed by atoms with Gasteiger partial charge < -0.3 is 4.90 Å². The quantitative estimate of drug-likeness (QED) is 0.463. The third-order valence-electron chi connectivity index (χ3n) is 4.70. The van der Waals surface area contributed by atoms with Gasteiger partial charge in [0.05, 0.1) is 20.8 Å². The fourth-order valence-electron chi connectivity index (χ4n) is 3.01. The number of hydrogen-bond acceptors (Lipinski definition) is 4. The van der Waals surface area contributed by atoms with Crippen LogP contribution in [0.1, 0.15) is 29.8 Å². The summed E-state index contributed by atoms with van der Waals surface area (Å²) >= 11 is 13.9. The monoisotopic (exact) mass is 435 g/mol. The summed E-state index contributed by atoms with van der Waals surface area (Å²) in [5, 5.41) is 1.55. The Kier molecular flexibility index (Phi) is 6.94. The van der Waals surface area contributed by atoms with E-state index in [1.807, 2.05) is 19.1 Å². The maximum Gasteiger partial charge on any atom is 0.261 e. The molecule has 4 nitrogen and oxygen atoms in total. The van der Waals surface area contributed by atoms with Gasteiger partial charge in [-0.1, -0.05) is 54.5 Å². The van der Waals surface area contributed by atoms with Crippen LogP contribution in [0.5, 0.6) is 0 Å². The molecule has 0 radical (unpaired) electrons. The zero-order valence-electron chi connectivity index (χ0n) is 16.2. The van der Waals surface area contributed by atoms with E-state index in [0.29, 0.717) is 27.3 Å². The topological polar surface area (TPSA) is 36.4 Å². The van der Waals surface area contributed by atoms with Crippen molar-refractivity contribution in [2.24, 2.45) is 0 Å². The lowest BCUT2D eigenvalue weighted by atomic mass is 10.2. The normalized spacial score (nSPS) is 11.4. The van der Waals surface area contributed by atoms with Gasteiger partial charge in [0.15, 0.2) is 5.13 Å². The zero-order chi connectivity index (χ0) is 20.3. The summed E-state index contributed by atoms with van der Waals surface area (Å²) in [6.45, 7) is 9.42. The third-order valence-corrected chi connectivity index (χ3v) is 6.31. The van der Waals surface area contributed by atoms with Crippen molar-refractivity contribution >= 4 is 55.8 Å². The van der Waals surface area contributed by atoms with Crippen molar-refractivity contribution in [3.8, 4) is 0 Å². The molecule has 2 aromatic carbocycles. The lowest BCUT2D eigenvalue weighted by Crippen LogP contribution is -2.39. The summed E-state index contributed by atoms with van der Waals surface area (Å²) in [4.78, 5) is 22.1. The Morgan fingerprint density at radius 3 is 2.54 bits per heavy atom. The van der Waals surface area contributed by atoms with Crippen LogP contribution in [0.2, 0.25) is 10.0 Å². The summed E-state index contributed by atoms with van der Waals surface area (Å²) < 4.78 is 1.06. The van der Waals surface area contributed by atoms with Gasteiger partial charge in [-0.05, 0) is 55.9 Å². The molecule has 1 amide bonds. The minimum absolute atomic E-state index is 0.185. The molecule has 7 heteroatoms. The zero-order valence-corrected chi connectivity index (χ0v) is 18.5. The van der Waals surface area contributed by atoms with Gasteiger partial charge in [0.2, 0.25) is 0 Å². The molecule has 1 aromatic heterocycles. The highest BCUT2D eigenvalue weighted by molar-refractivity contribution is 7.22. The number of aryl methyl sites for hydroxylation is 1. The first-order valence-corrected chi connectivity index (χ1v) is 10.9. The molecular weight excluding hydrogens is 413 g/mol. The largest absolute Gasteiger partial charge is 0.302 e. The molecule has 0 N–H and O–H groups in total. The highest BCUT2D eigenvalue weighted by Gasteiger charge is 2.24. The van der Waals surface area contributed by atoms with E-state index in [4.69, 9.17) is 28.2 Å². The number of nitrogens with zero attached hydrogens (tertiary/aromatic N) is 3. The minimum atomic E-state index is -0.185. The Morgan fingerprint density at radius 1 is 1.07 bits per heavy atom. The van der Waals surface area contributed by atoms with Gasteiger partial charge in [0.1, 0.15) is 0 Å². The number of rotatable bonds is 7. The number of carbonyl (C=O) groups is 1. The van der Waals surface area contributed by atoms with E-state index in [1.165, 1.54) is 16.9 Å². The molecule has 0 aliphatic carbocycles. The molecule has 0 saturated heterocycles. The van der Waals surface area contributed by atoms with E-state index in [2.05, 4.69) is 24.8 Å². The van der Waals surface area contributed by atoms with Crippen LogP contribution in [0.15, 0.2) is 36.4 Å². The van der Waals surface area contributed by atoms with Crippen molar-refractivity contribution in [2.75, 3.05) is 31.1 Å². The predicted octanol–water partition coefficient (Wildman–Crippen LogP) is 5.90. The van der Waals surface area contributed by atoms with Crippen LogP contribution in [0.3, 0.4) is 0 Å². The number of anilines is 1. The lowest BCUT2D eigenvalue weighted by molar-refractivity contribution is 0.0984. The summed E-state index contributed by atoms with van der Waals surface area (Å²) in [6.07, 6.45) is 0. The highest BCUT2D eigenvalue weighted by atomic mass is 35.5. The van der Waals surface area contributed by atoms with Crippen molar-refractivity contribution in [3.63, 3.8) is 0 Å². The Hall–Kier alpha value is -1.66. The van der Waals surface area contributed by atoms with Crippen LogP contribution >= 0.6 is 34.5 Å². The van der Waals surface area contributed by atoms with Crippen LogP contribution in [0.4, 0.5) is 5.13 Å². The first-order valence-electron chi connectivity index (χ1n) is 9.29. The summed E-state index contributed by atoms with van der Waals surface area (Å²) in [6, 6.07) is 11.1. The first kappa shape index (κ1) is 21.1. The number of aromatic nitrogens is 1. The Labute approximate surface area is 179 Å². The molecule has 0 saturated carbocycles. The number of carbonyl (C=O) groups excluding carboxylic acids is 1. The smallest absolute Gasteiger partial charge is 0.261 e. The molecular formula is C21H23Cl2N3OS. The predicted molar refractivity (Wildman–Crippen MR) is 120 cm³/mol. The Balaban J connectivity index is 2.00. The summed E-state index contributed by atoms with van der Waals surface area (Å²) in [5.74, 6) is -0.185. The van der Waals surface area contributed by atoms with Crippen LogP contribution < -0.4 is 4.90 Å². The van der Waals surface area contributed by atoms with Gasteiger partial charge in [0.25, 0.3) is 5.91 Å². The Bertz CT molecular complexity index is 985. The van der Waals surface area contributed by atoms with Gasteiger partial charge >= 0.3 is 0 Å². The maximum atomic E-state index is 13.4. The fraction of sp³-hybridized carbons (Fsp3) is 0.333. The number of hydrogen-bond donors (Lipinski definition) is 0. The molecule has 0 fully saturated rings. The average Bonchev–Trinajstić information content (AvgIpc) is 3.09.